The van der Waals surface area contributed by atoms with Gasteiger partial charge in [0.2, 0.25) is 0 Å². The molecule has 0 aromatic heterocycles. The second-order valence-electron chi connectivity index (χ2n) is 6.35. The fourth-order valence-corrected chi connectivity index (χ4v) is 3.23. The molecule has 0 amide bonds. The lowest BCUT2D eigenvalue weighted by molar-refractivity contribution is -0.149. The van der Waals surface area contributed by atoms with E-state index in [-0.39, 0.29) is 5.97 Å². The van der Waals surface area contributed by atoms with Crippen LogP contribution in [0.25, 0.3) is 10.8 Å². The fraction of sp³-hybridized carbons (Fsp3) is 0.227. The molecule has 0 aliphatic heterocycles. The Hall–Kier alpha value is -2.65. The van der Waals surface area contributed by atoms with Crippen LogP contribution in [0.15, 0.2) is 72.8 Å². The van der Waals surface area contributed by atoms with Crippen molar-refractivity contribution in [1.29, 1.82) is 0 Å². The van der Waals surface area contributed by atoms with Gasteiger partial charge in [0.05, 0.1) is 6.61 Å². The Morgan fingerprint density at radius 3 is 2.36 bits per heavy atom. The van der Waals surface area contributed by atoms with Crippen molar-refractivity contribution >= 4 is 16.7 Å². The Morgan fingerprint density at radius 1 is 0.920 bits per heavy atom. The first kappa shape index (κ1) is 17.2. The Labute approximate surface area is 148 Å². The summed E-state index contributed by atoms with van der Waals surface area (Å²) in [6.45, 7) is 2.13. The van der Waals surface area contributed by atoms with E-state index >= 15 is 0 Å². The summed E-state index contributed by atoms with van der Waals surface area (Å²) in [4.78, 5) is 12.7. The van der Waals surface area contributed by atoms with E-state index in [1.165, 1.54) is 0 Å². The largest absolute Gasteiger partial charge is 0.465 e. The van der Waals surface area contributed by atoms with E-state index in [4.69, 9.17) is 10.5 Å². The van der Waals surface area contributed by atoms with E-state index in [0.717, 1.165) is 21.9 Å². The first-order chi connectivity index (χ1) is 12.1. The number of nitrogens with two attached hydrogens (primary N) is 1. The molecule has 3 aromatic rings. The van der Waals surface area contributed by atoms with Crippen LogP contribution < -0.4 is 5.73 Å². The van der Waals surface area contributed by atoms with E-state index in [1.54, 1.807) is 6.92 Å². The minimum Gasteiger partial charge on any atom is -0.465 e. The van der Waals surface area contributed by atoms with Gasteiger partial charge in [-0.25, -0.2) is 0 Å². The number of hydrogen-bond donors (Lipinski definition) is 1. The number of fused-ring (bicyclic) bond motifs is 1. The maximum absolute atomic E-state index is 12.7. The highest BCUT2D eigenvalue weighted by molar-refractivity contribution is 5.88. The van der Waals surface area contributed by atoms with Crippen molar-refractivity contribution in [3.63, 3.8) is 0 Å². The van der Waals surface area contributed by atoms with Gasteiger partial charge in [0.1, 0.15) is 5.54 Å². The van der Waals surface area contributed by atoms with Gasteiger partial charge < -0.3 is 10.5 Å². The van der Waals surface area contributed by atoms with Crippen LogP contribution in [0.1, 0.15) is 18.1 Å². The molecule has 0 radical (unpaired) electrons. The molecule has 3 nitrogen and oxygen atoms in total. The molecule has 2 N–H and O–H groups in total. The molecule has 0 saturated carbocycles. The van der Waals surface area contributed by atoms with Crippen LogP contribution >= 0.6 is 0 Å². The van der Waals surface area contributed by atoms with Gasteiger partial charge in [0.15, 0.2) is 0 Å². The van der Waals surface area contributed by atoms with Gasteiger partial charge in [-0.3, -0.25) is 4.79 Å². The van der Waals surface area contributed by atoms with Gasteiger partial charge >= 0.3 is 5.97 Å². The third-order valence-corrected chi connectivity index (χ3v) is 4.43. The average Bonchev–Trinajstić information content (AvgIpc) is 2.63. The number of carbonyl (C=O) groups is 1. The third kappa shape index (κ3) is 3.89. The van der Waals surface area contributed by atoms with Crippen LogP contribution in [0.2, 0.25) is 0 Å². The highest BCUT2D eigenvalue weighted by atomic mass is 16.5. The summed E-state index contributed by atoms with van der Waals surface area (Å²) in [5, 5.41) is 2.27. The quantitative estimate of drug-likeness (QED) is 0.696. The van der Waals surface area contributed by atoms with E-state index < -0.39 is 5.54 Å². The predicted molar refractivity (Wildman–Crippen MR) is 101 cm³/mol. The molecule has 0 heterocycles. The maximum atomic E-state index is 12.7. The molecule has 0 aliphatic carbocycles. The number of hydrogen-bond acceptors (Lipinski definition) is 3. The highest BCUT2D eigenvalue weighted by Crippen LogP contribution is 2.25. The zero-order valence-electron chi connectivity index (χ0n) is 14.4. The molecule has 128 valence electrons. The first-order valence-electron chi connectivity index (χ1n) is 8.59. The van der Waals surface area contributed by atoms with Crippen LogP contribution in [0.3, 0.4) is 0 Å². The predicted octanol–water partition coefficient (Wildman–Crippen LogP) is 3.89. The average molecular weight is 333 g/mol. The number of ether oxygens (including phenoxy) is 1. The summed E-state index contributed by atoms with van der Waals surface area (Å²) in [6.07, 6.45) is 0.873. The zero-order valence-corrected chi connectivity index (χ0v) is 14.4. The van der Waals surface area contributed by atoms with Gasteiger partial charge in [-0.05, 0) is 28.8 Å². The van der Waals surface area contributed by atoms with Gasteiger partial charge in [0.25, 0.3) is 0 Å². The maximum Gasteiger partial charge on any atom is 0.326 e. The topological polar surface area (TPSA) is 52.3 Å². The van der Waals surface area contributed by atoms with Crippen molar-refractivity contribution < 1.29 is 9.53 Å². The Balaban J connectivity index is 1.98. The van der Waals surface area contributed by atoms with E-state index in [0.29, 0.717) is 19.4 Å². The summed E-state index contributed by atoms with van der Waals surface area (Å²) < 4.78 is 5.30. The lowest BCUT2D eigenvalue weighted by Gasteiger charge is -2.28. The lowest BCUT2D eigenvalue weighted by Crippen LogP contribution is -2.53. The van der Waals surface area contributed by atoms with Gasteiger partial charge in [-0.2, -0.15) is 0 Å². The normalized spacial score (nSPS) is 13.4. The summed E-state index contributed by atoms with van der Waals surface area (Å²) in [6, 6.07) is 24.1. The number of benzene rings is 3. The van der Waals surface area contributed by atoms with Crippen LogP contribution in [0.5, 0.6) is 0 Å². The third-order valence-electron chi connectivity index (χ3n) is 4.43. The molecule has 0 spiro atoms. The highest BCUT2D eigenvalue weighted by Gasteiger charge is 2.36. The summed E-state index contributed by atoms with van der Waals surface area (Å²) in [7, 11) is 0. The van der Waals surface area contributed by atoms with E-state index in [9.17, 15) is 4.79 Å². The van der Waals surface area contributed by atoms with Crippen molar-refractivity contribution in [1.82, 2.24) is 0 Å². The molecule has 0 aliphatic rings. The molecular formula is C22H23NO2. The Bertz CT molecular complexity index is 855. The van der Waals surface area contributed by atoms with Crippen molar-refractivity contribution in [2.75, 3.05) is 6.61 Å². The summed E-state index contributed by atoms with van der Waals surface area (Å²) >= 11 is 0. The number of esters is 1. The second kappa shape index (κ2) is 7.49. The van der Waals surface area contributed by atoms with E-state index in [1.807, 2.05) is 54.6 Å². The number of carbonyl (C=O) groups excluding carboxylic acids is 1. The monoisotopic (exact) mass is 333 g/mol. The van der Waals surface area contributed by atoms with E-state index in [2.05, 4.69) is 18.2 Å². The van der Waals surface area contributed by atoms with Gasteiger partial charge in [-0.1, -0.05) is 72.8 Å². The van der Waals surface area contributed by atoms with Crippen molar-refractivity contribution in [2.45, 2.75) is 25.3 Å². The van der Waals surface area contributed by atoms with Gasteiger partial charge in [-0.15, -0.1) is 0 Å². The minimum absolute atomic E-state index is 0.322. The smallest absolute Gasteiger partial charge is 0.326 e. The first-order valence-corrected chi connectivity index (χ1v) is 8.59. The lowest BCUT2D eigenvalue weighted by atomic mass is 9.84. The van der Waals surface area contributed by atoms with Crippen molar-refractivity contribution in [3.8, 4) is 0 Å². The Kier molecular flexibility index (Phi) is 5.15. The Morgan fingerprint density at radius 2 is 1.60 bits per heavy atom. The molecular weight excluding hydrogens is 310 g/mol. The molecule has 3 heteroatoms. The van der Waals surface area contributed by atoms with Crippen molar-refractivity contribution in [3.05, 3.63) is 83.9 Å². The number of rotatable bonds is 6. The van der Waals surface area contributed by atoms with Crippen LogP contribution in [-0.2, 0) is 22.4 Å². The molecule has 3 aromatic carbocycles. The molecule has 1 atom stereocenters. The molecule has 0 fully saturated rings. The zero-order chi connectivity index (χ0) is 17.7. The molecule has 0 bridgehead atoms. The second-order valence-corrected chi connectivity index (χ2v) is 6.35. The molecule has 3 rings (SSSR count). The summed E-state index contributed by atoms with van der Waals surface area (Å²) in [5.74, 6) is -0.355. The van der Waals surface area contributed by atoms with Crippen LogP contribution in [0.4, 0.5) is 0 Å². The fourth-order valence-electron chi connectivity index (χ4n) is 3.23. The molecule has 0 saturated heterocycles. The SMILES string of the molecule is CCOC(=O)[C@](N)(Cc1ccccc1)Cc1cccc2ccccc12. The van der Waals surface area contributed by atoms with Gasteiger partial charge in [0, 0.05) is 12.8 Å². The minimum atomic E-state index is -1.10. The van der Waals surface area contributed by atoms with Crippen LogP contribution in [-0.4, -0.2) is 18.1 Å². The molecule has 25 heavy (non-hydrogen) atoms. The molecule has 0 unspecified atom stereocenters. The van der Waals surface area contributed by atoms with Crippen LogP contribution in [0, 0.1) is 0 Å². The summed E-state index contributed by atoms with van der Waals surface area (Å²) in [5.41, 5.74) is 7.60. The standard InChI is InChI=1S/C22H23NO2/c1-2-25-21(24)22(23,15-17-9-4-3-5-10-17)16-19-13-8-12-18-11-6-7-14-20(18)19/h3-14H,2,15-16,23H2,1H3/t22-/m0/s1. The van der Waals surface area contributed by atoms with Crippen molar-refractivity contribution in [2.24, 2.45) is 5.73 Å².